The number of carbonyl (C=O) groups excluding carboxylic acids is 5. The van der Waals surface area contributed by atoms with Gasteiger partial charge in [-0.15, -0.1) is 0 Å². The lowest BCUT2D eigenvalue weighted by atomic mass is 9.99. The summed E-state index contributed by atoms with van der Waals surface area (Å²) in [5.74, 6) is -1.64. The van der Waals surface area contributed by atoms with Gasteiger partial charge in [0.1, 0.15) is 25.4 Å². The Kier molecular flexibility index (Phi) is 51.7. The number of aliphatic hydroxyl groups is 2. The smallest absolute Gasteiger partial charge is 0.306 e. The van der Waals surface area contributed by atoms with Gasteiger partial charge in [-0.25, -0.2) is 0 Å². The van der Waals surface area contributed by atoms with E-state index in [1.165, 1.54) is 77.0 Å². The summed E-state index contributed by atoms with van der Waals surface area (Å²) in [6.07, 6.45) is 46.2. The molecule has 9 unspecified atom stereocenters. The standard InChI is InChI=1S/C73H134O14/c1-6-11-16-20-28-37-47-63(86-72(79)55-43-25-18-13-8-3)61(74)46-36-27-22-32-41-52-69(76)81-58-60(83-71(78)54-45-34-24-31-40-51-66-65(84-66)50-39-29-21-17-12-7-2)59-82-70(77)53-42-33-23-30-38-48-64(87-73(80)56-44-26-19-14-9-4)62(75)57-68-67(85-68)49-35-15-10-5/h60-68,74-75H,6-59H2,1-5H3. The Balaban J connectivity index is 1.80. The van der Waals surface area contributed by atoms with Gasteiger partial charge in [-0.3, -0.25) is 24.0 Å². The monoisotopic (exact) mass is 1230 g/mol. The molecular formula is C73H134O14. The highest BCUT2D eigenvalue weighted by atomic mass is 16.6. The molecule has 2 fully saturated rings. The molecule has 0 amide bonds. The van der Waals surface area contributed by atoms with Crippen molar-refractivity contribution in [3.8, 4) is 0 Å². The zero-order valence-electron chi connectivity index (χ0n) is 56.7. The van der Waals surface area contributed by atoms with Crippen LogP contribution in [0.1, 0.15) is 369 Å². The minimum atomic E-state index is -0.911. The van der Waals surface area contributed by atoms with Crippen LogP contribution in [0.5, 0.6) is 0 Å². The average Bonchev–Trinajstić information content (AvgIpc) is 4.63. The lowest BCUT2D eigenvalue weighted by molar-refractivity contribution is -0.167. The van der Waals surface area contributed by atoms with Crippen molar-refractivity contribution in [1.82, 2.24) is 0 Å². The molecule has 0 aliphatic carbocycles. The van der Waals surface area contributed by atoms with E-state index in [1.54, 1.807) is 0 Å². The third-order valence-electron chi connectivity index (χ3n) is 17.8. The van der Waals surface area contributed by atoms with Crippen molar-refractivity contribution in [1.29, 1.82) is 0 Å². The zero-order valence-corrected chi connectivity index (χ0v) is 56.7. The van der Waals surface area contributed by atoms with Crippen LogP contribution in [0.15, 0.2) is 0 Å². The van der Waals surface area contributed by atoms with E-state index < -0.39 is 48.4 Å². The third kappa shape index (κ3) is 46.8. The van der Waals surface area contributed by atoms with Gasteiger partial charge in [-0.1, -0.05) is 247 Å². The lowest BCUT2D eigenvalue weighted by Crippen LogP contribution is -2.32. The van der Waals surface area contributed by atoms with E-state index >= 15 is 0 Å². The largest absolute Gasteiger partial charge is 0.462 e. The highest BCUT2D eigenvalue weighted by Crippen LogP contribution is 2.34. The SMILES string of the molecule is CCCCCCCCC(OC(=O)CCCCCCC)C(O)CCCCCCCC(=O)OCC(COC(=O)CCCCCCCC(OC(=O)CCCCCCC)C(O)CC1OC1CCCCC)OC(=O)CCCCCCCC1OC1CCCCCCCC. The van der Waals surface area contributed by atoms with Crippen LogP contribution in [0.2, 0.25) is 0 Å². The van der Waals surface area contributed by atoms with Crippen LogP contribution >= 0.6 is 0 Å². The van der Waals surface area contributed by atoms with Crippen molar-refractivity contribution < 1.29 is 67.3 Å². The van der Waals surface area contributed by atoms with Crippen LogP contribution < -0.4 is 0 Å². The van der Waals surface area contributed by atoms with E-state index in [9.17, 15) is 34.2 Å². The van der Waals surface area contributed by atoms with E-state index in [1.807, 2.05) is 0 Å². The number of hydrogen-bond acceptors (Lipinski definition) is 14. The van der Waals surface area contributed by atoms with Gasteiger partial charge < -0.3 is 43.4 Å². The van der Waals surface area contributed by atoms with Gasteiger partial charge >= 0.3 is 29.8 Å². The summed E-state index contributed by atoms with van der Waals surface area (Å²) in [5, 5.41) is 22.4. The molecule has 0 spiro atoms. The van der Waals surface area contributed by atoms with Crippen molar-refractivity contribution >= 4 is 29.8 Å². The van der Waals surface area contributed by atoms with E-state index in [0.717, 1.165) is 180 Å². The molecule has 0 saturated carbocycles. The maximum Gasteiger partial charge on any atom is 0.306 e. The number of unbranched alkanes of at least 4 members (excludes halogenated alkanes) is 32. The van der Waals surface area contributed by atoms with Gasteiger partial charge in [0.15, 0.2) is 6.10 Å². The molecule has 0 aromatic rings. The van der Waals surface area contributed by atoms with Gasteiger partial charge in [0, 0.05) is 38.5 Å². The van der Waals surface area contributed by atoms with Crippen LogP contribution in [0.3, 0.4) is 0 Å². The van der Waals surface area contributed by atoms with Gasteiger partial charge in [0.05, 0.1) is 36.6 Å². The van der Waals surface area contributed by atoms with Gasteiger partial charge in [0.25, 0.3) is 0 Å². The Morgan fingerprint density at radius 3 is 0.989 bits per heavy atom. The molecule has 2 saturated heterocycles. The van der Waals surface area contributed by atoms with Gasteiger partial charge in [0.2, 0.25) is 0 Å². The molecule has 87 heavy (non-hydrogen) atoms. The van der Waals surface area contributed by atoms with Crippen LogP contribution in [0.4, 0.5) is 0 Å². The molecule has 0 aromatic carbocycles. The lowest BCUT2D eigenvalue weighted by Gasteiger charge is -2.23. The Bertz CT molecular complexity index is 1660. The predicted octanol–water partition coefficient (Wildman–Crippen LogP) is 18.4. The summed E-state index contributed by atoms with van der Waals surface area (Å²) in [5.41, 5.74) is 0. The molecule has 510 valence electrons. The number of ether oxygens (including phenoxy) is 7. The maximum atomic E-state index is 13.1. The summed E-state index contributed by atoms with van der Waals surface area (Å²) >= 11 is 0. The predicted molar refractivity (Wildman–Crippen MR) is 349 cm³/mol. The molecule has 2 aliphatic heterocycles. The highest BCUT2D eigenvalue weighted by molar-refractivity contribution is 5.71. The van der Waals surface area contributed by atoms with E-state index in [0.29, 0.717) is 70.0 Å². The first-order chi connectivity index (χ1) is 42.4. The second kappa shape index (κ2) is 56.0. The van der Waals surface area contributed by atoms with Crippen LogP contribution in [0.25, 0.3) is 0 Å². The number of carbonyl (C=O) groups is 5. The minimum absolute atomic E-state index is 0.0234. The zero-order chi connectivity index (χ0) is 63.2. The van der Waals surface area contributed by atoms with Crippen molar-refractivity contribution in [2.75, 3.05) is 13.2 Å². The van der Waals surface area contributed by atoms with Gasteiger partial charge in [-0.05, 0) is 83.5 Å². The van der Waals surface area contributed by atoms with Crippen LogP contribution in [-0.2, 0) is 57.1 Å². The first-order valence-electron chi connectivity index (χ1n) is 37.0. The second-order valence-corrected chi connectivity index (χ2v) is 26.2. The topological polar surface area (TPSA) is 197 Å². The molecule has 9 atom stereocenters. The quantitative estimate of drug-likeness (QED) is 0.0252. The van der Waals surface area contributed by atoms with Crippen molar-refractivity contribution in [2.24, 2.45) is 0 Å². The molecule has 0 radical (unpaired) electrons. The Labute approximate surface area is 531 Å². The summed E-state index contributed by atoms with van der Waals surface area (Å²) in [4.78, 5) is 64.7. The summed E-state index contributed by atoms with van der Waals surface area (Å²) in [7, 11) is 0. The first kappa shape index (κ1) is 80.3. The van der Waals surface area contributed by atoms with Crippen molar-refractivity contribution in [2.45, 2.75) is 423 Å². The van der Waals surface area contributed by atoms with E-state index in [2.05, 4.69) is 34.6 Å². The minimum Gasteiger partial charge on any atom is -0.462 e. The summed E-state index contributed by atoms with van der Waals surface area (Å²) in [6, 6.07) is 0. The van der Waals surface area contributed by atoms with Crippen LogP contribution in [-0.4, -0.2) is 108 Å². The fraction of sp³-hybridized carbons (Fsp3) is 0.932. The average molecular weight is 1240 g/mol. The normalized spacial score (nSPS) is 17.9. The highest BCUT2D eigenvalue weighted by Gasteiger charge is 2.41. The molecule has 2 aliphatic rings. The Hall–Kier alpha value is -2.81. The van der Waals surface area contributed by atoms with E-state index in [4.69, 9.17) is 33.2 Å². The number of rotatable bonds is 65. The Morgan fingerprint density at radius 2 is 0.586 bits per heavy atom. The van der Waals surface area contributed by atoms with Gasteiger partial charge in [-0.2, -0.15) is 0 Å². The van der Waals surface area contributed by atoms with Crippen LogP contribution in [0, 0.1) is 0 Å². The fourth-order valence-electron chi connectivity index (χ4n) is 11.9. The Morgan fingerprint density at radius 1 is 0.310 bits per heavy atom. The molecule has 2 N–H and O–H groups in total. The number of epoxide rings is 2. The molecule has 2 rings (SSSR count). The molecule has 14 heteroatoms. The summed E-state index contributed by atoms with van der Waals surface area (Å²) < 4.78 is 40.6. The number of esters is 5. The molecular weight excluding hydrogens is 1100 g/mol. The third-order valence-corrected chi connectivity index (χ3v) is 17.8. The molecule has 14 nitrogen and oxygen atoms in total. The summed E-state index contributed by atoms with van der Waals surface area (Å²) in [6.45, 7) is 10.6. The van der Waals surface area contributed by atoms with Crippen molar-refractivity contribution in [3.05, 3.63) is 0 Å². The first-order valence-corrected chi connectivity index (χ1v) is 37.0. The number of hydrogen-bond donors (Lipinski definition) is 2. The molecule has 0 bridgehead atoms. The second-order valence-electron chi connectivity index (χ2n) is 26.2. The van der Waals surface area contributed by atoms with E-state index in [-0.39, 0.29) is 56.6 Å². The molecule has 0 aromatic heterocycles. The van der Waals surface area contributed by atoms with Crippen molar-refractivity contribution in [3.63, 3.8) is 0 Å². The molecule has 2 heterocycles. The number of aliphatic hydroxyl groups excluding tert-OH is 2. The maximum absolute atomic E-state index is 13.1. The fourth-order valence-corrected chi connectivity index (χ4v) is 11.9.